The van der Waals surface area contributed by atoms with Crippen molar-refractivity contribution in [3.8, 4) is 0 Å². The fourth-order valence-corrected chi connectivity index (χ4v) is 2.09. The van der Waals surface area contributed by atoms with Gasteiger partial charge < -0.3 is 19.7 Å². The molecule has 1 aliphatic carbocycles. The molecule has 118 valence electrons. The lowest BCUT2D eigenvalue weighted by molar-refractivity contribution is 0.191. The molecule has 0 amide bonds. The number of hydrogen-bond donors (Lipinski definition) is 1. The van der Waals surface area contributed by atoms with E-state index in [1.54, 1.807) is 14.2 Å². The molecule has 0 atom stereocenters. The Morgan fingerprint density at radius 1 is 1.14 bits per heavy atom. The molecule has 6 nitrogen and oxygen atoms in total. The van der Waals surface area contributed by atoms with E-state index in [1.165, 1.54) is 12.8 Å². The van der Waals surface area contributed by atoms with Gasteiger partial charge in [-0.3, -0.25) is 0 Å². The molecule has 1 aromatic heterocycles. The maximum atomic E-state index is 5.16. The number of hydrogen-bond acceptors (Lipinski definition) is 6. The van der Waals surface area contributed by atoms with E-state index in [2.05, 4.69) is 20.4 Å². The standard InChI is InChI=1S/C15H26N4O2/c1-20-10-3-8-19(9-11-21-2)15-7-6-14(17-18-15)12-16-13-4-5-13/h6-7,13,16H,3-5,8-12H2,1-2H3. The highest BCUT2D eigenvalue weighted by Gasteiger charge is 2.20. The lowest BCUT2D eigenvalue weighted by Gasteiger charge is -2.22. The van der Waals surface area contributed by atoms with Crippen molar-refractivity contribution in [3.05, 3.63) is 17.8 Å². The Hall–Kier alpha value is -1.24. The van der Waals surface area contributed by atoms with E-state index in [9.17, 15) is 0 Å². The van der Waals surface area contributed by atoms with Gasteiger partial charge in [0.25, 0.3) is 0 Å². The van der Waals surface area contributed by atoms with Crippen molar-refractivity contribution in [2.75, 3.05) is 45.4 Å². The monoisotopic (exact) mass is 294 g/mol. The van der Waals surface area contributed by atoms with Gasteiger partial charge in [-0.05, 0) is 31.4 Å². The van der Waals surface area contributed by atoms with Gasteiger partial charge in [0.15, 0.2) is 5.82 Å². The van der Waals surface area contributed by atoms with E-state index in [0.29, 0.717) is 12.6 Å². The second-order valence-corrected chi connectivity index (χ2v) is 5.36. The third-order valence-corrected chi connectivity index (χ3v) is 3.52. The third kappa shape index (κ3) is 5.95. The second kappa shape index (κ2) is 8.92. The summed E-state index contributed by atoms with van der Waals surface area (Å²) in [6, 6.07) is 4.78. The minimum atomic E-state index is 0.680. The number of anilines is 1. The van der Waals surface area contributed by atoms with E-state index in [4.69, 9.17) is 9.47 Å². The lowest BCUT2D eigenvalue weighted by atomic mass is 10.3. The zero-order valence-electron chi connectivity index (χ0n) is 13.0. The number of nitrogens with one attached hydrogen (secondary N) is 1. The first-order valence-corrected chi connectivity index (χ1v) is 7.62. The maximum Gasteiger partial charge on any atom is 0.151 e. The van der Waals surface area contributed by atoms with Crippen molar-refractivity contribution in [1.82, 2.24) is 15.5 Å². The van der Waals surface area contributed by atoms with Crippen LogP contribution in [0.4, 0.5) is 5.82 Å². The maximum absolute atomic E-state index is 5.16. The van der Waals surface area contributed by atoms with E-state index < -0.39 is 0 Å². The third-order valence-electron chi connectivity index (χ3n) is 3.52. The molecule has 1 aliphatic rings. The Kier molecular flexibility index (Phi) is 6.85. The van der Waals surface area contributed by atoms with Gasteiger partial charge in [-0.2, -0.15) is 5.10 Å². The molecule has 0 unspecified atom stereocenters. The summed E-state index contributed by atoms with van der Waals surface area (Å²) in [5.74, 6) is 0.901. The molecule has 0 aliphatic heterocycles. The molecule has 0 aromatic carbocycles. The van der Waals surface area contributed by atoms with E-state index in [0.717, 1.165) is 44.2 Å². The summed E-state index contributed by atoms with van der Waals surface area (Å²) in [5, 5.41) is 12.1. The second-order valence-electron chi connectivity index (χ2n) is 5.36. The number of rotatable bonds is 11. The molecular weight excluding hydrogens is 268 g/mol. The molecule has 0 saturated heterocycles. The summed E-state index contributed by atoms with van der Waals surface area (Å²) in [6.45, 7) is 3.94. The van der Waals surface area contributed by atoms with Gasteiger partial charge in [0, 0.05) is 46.5 Å². The van der Waals surface area contributed by atoms with Crippen molar-refractivity contribution in [3.63, 3.8) is 0 Å². The Labute approximate surface area is 126 Å². The fraction of sp³-hybridized carbons (Fsp3) is 0.733. The SMILES string of the molecule is COCCCN(CCOC)c1ccc(CNC2CC2)nn1. The molecule has 6 heteroatoms. The minimum Gasteiger partial charge on any atom is -0.385 e. The van der Waals surface area contributed by atoms with Gasteiger partial charge in [0.05, 0.1) is 12.3 Å². The van der Waals surface area contributed by atoms with Crippen LogP contribution in [0.1, 0.15) is 25.0 Å². The van der Waals surface area contributed by atoms with Gasteiger partial charge in [-0.25, -0.2) is 0 Å². The van der Waals surface area contributed by atoms with Crippen molar-refractivity contribution in [2.24, 2.45) is 0 Å². The summed E-state index contributed by atoms with van der Waals surface area (Å²) < 4.78 is 10.3. The predicted octanol–water partition coefficient (Wildman–Crippen LogP) is 1.22. The van der Waals surface area contributed by atoms with E-state index in [-0.39, 0.29) is 0 Å². The molecule has 1 aromatic rings. The number of ether oxygens (including phenoxy) is 2. The van der Waals surface area contributed by atoms with Gasteiger partial charge in [-0.1, -0.05) is 0 Å². The molecule has 2 rings (SSSR count). The van der Waals surface area contributed by atoms with Gasteiger partial charge >= 0.3 is 0 Å². The number of aromatic nitrogens is 2. The molecule has 1 heterocycles. The van der Waals surface area contributed by atoms with Gasteiger partial charge in [-0.15, -0.1) is 5.10 Å². The molecule has 1 fully saturated rings. The van der Waals surface area contributed by atoms with Crippen LogP contribution < -0.4 is 10.2 Å². The highest BCUT2D eigenvalue weighted by atomic mass is 16.5. The lowest BCUT2D eigenvalue weighted by Crippen LogP contribution is -2.30. The number of methoxy groups -OCH3 is 2. The summed E-state index contributed by atoms with van der Waals surface area (Å²) in [7, 11) is 3.44. The Morgan fingerprint density at radius 3 is 2.57 bits per heavy atom. The van der Waals surface area contributed by atoms with Crippen molar-refractivity contribution in [1.29, 1.82) is 0 Å². The van der Waals surface area contributed by atoms with Gasteiger partial charge in [0.2, 0.25) is 0 Å². The zero-order valence-corrected chi connectivity index (χ0v) is 13.0. The van der Waals surface area contributed by atoms with Crippen LogP contribution in [0.3, 0.4) is 0 Å². The smallest absolute Gasteiger partial charge is 0.151 e. The van der Waals surface area contributed by atoms with Crippen molar-refractivity contribution in [2.45, 2.75) is 31.8 Å². The van der Waals surface area contributed by atoms with E-state index in [1.807, 2.05) is 12.1 Å². The molecule has 1 saturated carbocycles. The largest absolute Gasteiger partial charge is 0.385 e. The molecule has 0 radical (unpaired) electrons. The molecule has 0 spiro atoms. The first kappa shape index (κ1) is 16.1. The van der Waals surface area contributed by atoms with Crippen LogP contribution in [-0.2, 0) is 16.0 Å². The average Bonchev–Trinajstić information content (AvgIpc) is 3.34. The molecule has 1 N–H and O–H groups in total. The normalized spacial score (nSPS) is 14.4. The highest BCUT2D eigenvalue weighted by molar-refractivity contribution is 5.37. The topological polar surface area (TPSA) is 59.5 Å². The van der Waals surface area contributed by atoms with Crippen LogP contribution >= 0.6 is 0 Å². The summed E-state index contributed by atoms with van der Waals surface area (Å²) in [5.41, 5.74) is 0.995. The van der Waals surface area contributed by atoms with E-state index >= 15 is 0 Å². The minimum absolute atomic E-state index is 0.680. The van der Waals surface area contributed by atoms with Crippen molar-refractivity contribution >= 4 is 5.82 Å². The van der Waals surface area contributed by atoms with Crippen LogP contribution in [0, 0.1) is 0 Å². The average molecular weight is 294 g/mol. The number of nitrogens with zero attached hydrogens (tertiary/aromatic N) is 3. The Morgan fingerprint density at radius 2 is 1.95 bits per heavy atom. The van der Waals surface area contributed by atoms with Crippen LogP contribution in [0.25, 0.3) is 0 Å². The highest BCUT2D eigenvalue weighted by Crippen LogP contribution is 2.19. The van der Waals surface area contributed by atoms with Crippen LogP contribution in [-0.4, -0.2) is 56.8 Å². The Bertz CT molecular complexity index is 395. The molecule has 21 heavy (non-hydrogen) atoms. The van der Waals surface area contributed by atoms with Crippen LogP contribution in [0.15, 0.2) is 12.1 Å². The first-order chi connectivity index (χ1) is 10.3. The predicted molar refractivity (Wildman–Crippen MR) is 82.5 cm³/mol. The molecular formula is C15H26N4O2. The van der Waals surface area contributed by atoms with Crippen molar-refractivity contribution < 1.29 is 9.47 Å². The molecule has 0 bridgehead atoms. The summed E-state index contributed by atoms with van der Waals surface area (Å²) in [6.07, 6.45) is 3.54. The van der Waals surface area contributed by atoms with Crippen LogP contribution in [0.5, 0.6) is 0 Å². The van der Waals surface area contributed by atoms with Crippen LogP contribution in [0.2, 0.25) is 0 Å². The quantitative estimate of drug-likeness (QED) is 0.619. The first-order valence-electron chi connectivity index (χ1n) is 7.62. The Balaban J connectivity index is 1.86. The summed E-state index contributed by atoms with van der Waals surface area (Å²) >= 11 is 0. The zero-order chi connectivity index (χ0) is 14.9. The van der Waals surface area contributed by atoms with Gasteiger partial charge in [0.1, 0.15) is 0 Å². The fourth-order valence-electron chi connectivity index (χ4n) is 2.09. The summed E-state index contributed by atoms with van der Waals surface area (Å²) in [4.78, 5) is 2.19.